The average Bonchev–Trinajstić information content (AvgIpc) is 2.77. The third kappa shape index (κ3) is 2.10. The van der Waals surface area contributed by atoms with Crippen LogP contribution in [0, 0.1) is 39.9 Å². The molecule has 0 amide bonds. The molecule has 4 aliphatic carbocycles. The molecule has 0 spiro atoms. The smallest absolute Gasteiger partial charge is 0.136 e. The molecular formula is C23H36O2. The third-order valence-corrected chi connectivity index (χ3v) is 9.98. The molecule has 0 saturated heterocycles. The minimum Gasteiger partial charge on any atom is -0.393 e. The highest BCUT2D eigenvalue weighted by molar-refractivity contribution is 5.83. The molecule has 4 rings (SSSR count). The van der Waals surface area contributed by atoms with Gasteiger partial charge in [-0.2, -0.15) is 0 Å². The number of ketones is 1. The van der Waals surface area contributed by atoms with Crippen molar-refractivity contribution in [1.82, 2.24) is 0 Å². The molecule has 2 nitrogen and oxygen atoms in total. The van der Waals surface area contributed by atoms with Crippen molar-refractivity contribution in [1.29, 1.82) is 0 Å². The monoisotopic (exact) mass is 344 g/mol. The van der Waals surface area contributed by atoms with Crippen molar-refractivity contribution >= 4 is 5.78 Å². The summed E-state index contributed by atoms with van der Waals surface area (Å²) in [6, 6.07) is 0. The minimum atomic E-state index is -0.156. The van der Waals surface area contributed by atoms with E-state index < -0.39 is 0 Å². The van der Waals surface area contributed by atoms with Gasteiger partial charge in [0.15, 0.2) is 0 Å². The van der Waals surface area contributed by atoms with Crippen molar-refractivity contribution < 1.29 is 9.90 Å². The summed E-state index contributed by atoms with van der Waals surface area (Å²) < 4.78 is 0. The average molecular weight is 345 g/mol. The van der Waals surface area contributed by atoms with E-state index in [0.29, 0.717) is 23.0 Å². The van der Waals surface area contributed by atoms with E-state index in [1.165, 1.54) is 31.3 Å². The van der Waals surface area contributed by atoms with Crippen LogP contribution in [0.4, 0.5) is 0 Å². The Morgan fingerprint density at radius 2 is 1.88 bits per heavy atom. The van der Waals surface area contributed by atoms with E-state index in [-0.39, 0.29) is 16.9 Å². The maximum absolute atomic E-state index is 12.7. The highest BCUT2D eigenvalue weighted by atomic mass is 16.3. The van der Waals surface area contributed by atoms with Gasteiger partial charge in [-0.1, -0.05) is 39.3 Å². The van der Waals surface area contributed by atoms with Crippen LogP contribution < -0.4 is 0 Å². The van der Waals surface area contributed by atoms with Crippen LogP contribution in [0.2, 0.25) is 0 Å². The molecule has 0 aromatic rings. The highest BCUT2D eigenvalue weighted by Gasteiger charge is 2.66. The molecule has 3 saturated carbocycles. The Bertz CT molecular complexity index is 622. The number of allylic oxidation sites excluding steroid dienone is 1. The van der Waals surface area contributed by atoms with Crippen molar-refractivity contribution in [2.45, 2.75) is 85.7 Å². The lowest BCUT2D eigenvalue weighted by molar-refractivity contribution is -0.140. The van der Waals surface area contributed by atoms with Crippen LogP contribution >= 0.6 is 0 Å². The summed E-state index contributed by atoms with van der Waals surface area (Å²) in [5.74, 6) is 3.05. The molecule has 8 atom stereocenters. The van der Waals surface area contributed by atoms with Crippen LogP contribution in [0.25, 0.3) is 0 Å². The molecule has 0 aromatic heterocycles. The third-order valence-electron chi connectivity index (χ3n) is 9.98. The number of hydrogen-bond donors (Lipinski definition) is 1. The number of carbonyl (C=O) groups is 1. The molecule has 1 N–H and O–H groups in total. The summed E-state index contributed by atoms with van der Waals surface area (Å²) in [4.78, 5) is 12.7. The Balaban J connectivity index is 1.72. The maximum atomic E-state index is 12.7. The van der Waals surface area contributed by atoms with Gasteiger partial charge in [-0.25, -0.2) is 0 Å². The fourth-order valence-corrected chi connectivity index (χ4v) is 7.97. The van der Waals surface area contributed by atoms with E-state index >= 15 is 0 Å². The van der Waals surface area contributed by atoms with Gasteiger partial charge in [0.25, 0.3) is 0 Å². The van der Waals surface area contributed by atoms with E-state index in [1.807, 2.05) is 6.92 Å². The normalized spacial score (nSPS) is 55.0. The highest BCUT2D eigenvalue weighted by Crippen LogP contribution is 2.71. The standard InChI is InChI=1S/C23H36O2/c1-14-12-20-18-7-6-16-13-17(25)8-10-21(16,3)19(18)9-11-22(20,4)23(14,5)15(2)24/h6,14,17-20,25H,7-13H2,1-5H3/t14-,17-,18-,19-,20-,21+,22+,23-/m1/s1. The number of hydrogen-bond acceptors (Lipinski definition) is 2. The van der Waals surface area contributed by atoms with Crippen molar-refractivity contribution in [2.24, 2.45) is 39.9 Å². The SMILES string of the molecule is CC(=O)[C@@]1(C)[C@H](C)C[C@@H]2[C@@H]3CC=C4C[C@H](O)CC[C@]4(C)[C@@H]3CC[C@@]21C. The van der Waals surface area contributed by atoms with Crippen molar-refractivity contribution in [3.8, 4) is 0 Å². The largest absolute Gasteiger partial charge is 0.393 e. The van der Waals surface area contributed by atoms with Gasteiger partial charge < -0.3 is 5.11 Å². The molecule has 0 radical (unpaired) electrons. The van der Waals surface area contributed by atoms with E-state index in [9.17, 15) is 9.90 Å². The second kappa shape index (κ2) is 5.44. The molecule has 25 heavy (non-hydrogen) atoms. The lowest BCUT2D eigenvalue weighted by Crippen LogP contribution is -2.53. The zero-order valence-electron chi connectivity index (χ0n) is 16.8. The van der Waals surface area contributed by atoms with E-state index in [2.05, 4.69) is 33.8 Å². The summed E-state index contributed by atoms with van der Waals surface area (Å²) in [5, 5.41) is 10.1. The van der Waals surface area contributed by atoms with Gasteiger partial charge in [0, 0.05) is 5.41 Å². The Morgan fingerprint density at radius 3 is 2.56 bits per heavy atom. The predicted molar refractivity (Wildman–Crippen MR) is 101 cm³/mol. The summed E-state index contributed by atoms with van der Waals surface area (Å²) in [7, 11) is 0. The first-order valence-electron chi connectivity index (χ1n) is 10.5. The topological polar surface area (TPSA) is 37.3 Å². The van der Waals surface area contributed by atoms with Crippen LogP contribution in [-0.4, -0.2) is 17.0 Å². The van der Waals surface area contributed by atoms with Crippen molar-refractivity contribution in [3.05, 3.63) is 11.6 Å². The fraction of sp³-hybridized carbons (Fsp3) is 0.870. The van der Waals surface area contributed by atoms with Gasteiger partial charge in [-0.05, 0) is 86.4 Å². The van der Waals surface area contributed by atoms with Gasteiger partial charge in [-0.15, -0.1) is 0 Å². The Labute approximate surface area is 153 Å². The van der Waals surface area contributed by atoms with Crippen LogP contribution in [0.15, 0.2) is 11.6 Å². The number of carbonyl (C=O) groups excluding carboxylic acids is 1. The lowest BCUT2D eigenvalue weighted by atomic mass is 9.45. The molecule has 0 unspecified atom stereocenters. The van der Waals surface area contributed by atoms with Crippen LogP contribution in [0.3, 0.4) is 0 Å². The zero-order chi connectivity index (χ0) is 18.2. The summed E-state index contributed by atoms with van der Waals surface area (Å²) in [5.41, 5.74) is 1.84. The number of aliphatic hydroxyl groups is 1. The zero-order valence-corrected chi connectivity index (χ0v) is 16.8. The molecule has 0 aromatic carbocycles. The number of fused-ring (bicyclic) bond motifs is 5. The second-order valence-corrected chi connectivity index (χ2v) is 10.5. The molecule has 0 bridgehead atoms. The van der Waals surface area contributed by atoms with Crippen molar-refractivity contribution in [2.75, 3.05) is 0 Å². The number of aliphatic hydroxyl groups excluding tert-OH is 1. The molecule has 2 heteroatoms. The van der Waals surface area contributed by atoms with E-state index in [1.54, 1.807) is 0 Å². The number of Topliss-reactive ketones (excluding diaryl/α,β-unsaturated/α-hetero) is 1. The van der Waals surface area contributed by atoms with Crippen LogP contribution in [0.5, 0.6) is 0 Å². The minimum absolute atomic E-state index is 0.128. The lowest BCUT2D eigenvalue weighted by Gasteiger charge is -2.59. The molecule has 140 valence electrons. The van der Waals surface area contributed by atoms with Gasteiger partial charge in [0.05, 0.1) is 6.10 Å². The fourth-order valence-electron chi connectivity index (χ4n) is 7.97. The summed E-state index contributed by atoms with van der Waals surface area (Å²) >= 11 is 0. The first-order valence-corrected chi connectivity index (χ1v) is 10.5. The van der Waals surface area contributed by atoms with Gasteiger partial charge >= 0.3 is 0 Å². The van der Waals surface area contributed by atoms with E-state index in [0.717, 1.165) is 31.1 Å². The Hall–Kier alpha value is -0.630. The Kier molecular flexibility index (Phi) is 3.87. The van der Waals surface area contributed by atoms with Gasteiger partial charge in [-0.3, -0.25) is 4.79 Å². The van der Waals surface area contributed by atoms with Gasteiger partial charge in [0.1, 0.15) is 5.78 Å². The van der Waals surface area contributed by atoms with Crippen LogP contribution in [-0.2, 0) is 4.79 Å². The number of rotatable bonds is 1. The molecule has 3 fully saturated rings. The molecule has 0 aliphatic heterocycles. The van der Waals surface area contributed by atoms with Crippen LogP contribution in [0.1, 0.15) is 79.6 Å². The predicted octanol–water partition coefficient (Wildman–Crippen LogP) is 5.15. The Morgan fingerprint density at radius 1 is 1.16 bits per heavy atom. The summed E-state index contributed by atoms with van der Waals surface area (Å²) in [6.45, 7) is 11.3. The second-order valence-electron chi connectivity index (χ2n) is 10.5. The first-order chi connectivity index (χ1) is 11.6. The summed E-state index contributed by atoms with van der Waals surface area (Å²) in [6.07, 6.45) is 10.2. The quantitative estimate of drug-likeness (QED) is 0.668. The molecular weight excluding hydrogens is 308 g/mol. The first kappa shape index (κ1) is 17.8. The van der Waals surface area contributed by atoms with E-state index in [4.69, 9.17) is 0 Å². The maximum Gasteiger partial charge on any atom is 0.136 e. The molecule has 0 heterocycles. The van der Waals surface area contributed by atoms with Crippen molar-refractivity contribution in [3.63, 3.8) is 0 Å². The molecule has 4 aliphatic rings. The van der Waals surface area contributed by atoms with Gasteiger partial charge in [0.2, 0.25) is 0 Å².